The average Bonchev–Trinajstić information content (AvgIpc) is 3.28. The first-order valence-electron chi connectivity index (χ1n) is 29.2. The van der Waals surface area contributed by atoms with Gasteiger partial charge in [0.25, 0.3) is 0 Å². The van der Waals surface area contributed by atoms with Crippen LogP contribution in [0, 0.1) is 11.8 Å². The number of ether oxygens (including phenoxy) is 3. The average molecular weight is 920 g/mol. The van der Waals surface area contributed by atoms with Crippen LogP contribution < -0.4 is 0 Å². The van der Waals surface area contributed by atoms with Gasteiger partial charge in [-0.2, -0.15) is 0 Å². The molecule has 0 amide bonds. The molecule has 0 saturated heterocycles. The van der Waals surface area contributed by atoms with E-state index in [0.29, 0.717) is 19.3 Å². The van der Waals surface area contributed by atoms with Gasteiger partial charge in [-0.25, -0.2) is 0 Å². The Bertz CT molecular complexity index is 993. The molecule has 0 aromatic carbocycles. The third-order valence-corrected chi connectivity index (χ3v) is 13.5. The van der Waals surface area contributed by atoms with Crippen molar-refractivity contribution in [3.63, 3.8) is 0 Å². The van der Waals surface area contributed by atoms with E-state index >= 15 is 0 Å². The van der Waals surface area contributed by atoms with E-state index in [1.165, 1.54) is 218 Å². The number of hydrogen-bond donors (Lipinski definition) is 0. The predicted molar refractivity (Wildman–Crippen MR) is 280 cm³/mol. The quantitative estimate of drug-likeness (QED) is 0.0344. The Morgan fingerprint density at radius 1 is 0.292 bits per heavy atom. The van der Waals surface area contributed by atoms with Crippen molar-refractivity contribution >= 4 is 17.9 Å². The first kappa shape index (κ1) is 63.4. The molecule has 0 aromatic heterocycles. The van der Waals surface area contributed by atoms with Gasteiger partial charge in [0, 0.05) is 19.3 Å². The maximum Gasteiger partial charge on any atom is 0.306 e. The Balaban J connectivity index is 4.22. The Morgan fingerprint density at radius 2 is 0.508 bits per heavy atom. The minimum atomic E-state index is -0.762. The summed E-state index contributed by atoms with van der Waals surface area (Å²) in [5.74, 6) is 0.825. The van der Waals surface area contributed by atoms with Crippen molar-refractivity contribution in [2.24, 2.45) is 11.8 Å². The molecule has 0 heterocycles. The second-order valence-electron chi connectivity index (χ2n) is 21.2. The van der Waals surface area contributed by atoms with Crippen LogP contribution in [-0.4, -0.2) is 37.2 Å². The van der Waals surface area contributed by atoms with Gasteiger partial charge in [-0.1, -0.05) is 291 Å². The fourth-order valence-electron chi connectivity index (χ4n) is 9.05. The van der Waals surface area contributed by atoms with Gasteiger partial charge in [0.1, 0.15) is 13.2 Å². The van der Waals surface area contributed by atoms with E-state index in [1.54, 1.807) is 0 Å². The molecule has 0 radical (unpaired) electrons. The fraction of sp³-hybridized carbons (Fsp3) is 0.949. The lowest BCUT2D eigenvalue weighted by molar-refractivity contribution is -0.167. The van der Waals surface area contributed by atoms with E-state index in [4.69, 9.17) is 14.2 Å². The highest BCUT2D eigenvalue weighted by molar-refractivity contribution is 5.71. The summed E-state index contributed by atoms with van der Waals surface area (Å²) in [6.45, 7) is 11.4. The molecule has 65 heavy (non-hydrogen) atoms. The topological polar surface area (TPSA) is 78.9 Å². The number of esters is 3. The molecule has 386 valence electrons. The minimum absolute atomic E-state index is 0.0629. The number of unbranched alkanes of at least 4 members (excludes halogenated alkanes) is 38. The highest BCUT2D eigenvalue weighted by Gasteiger charge is 2.19. The van der Waals surface area contributed by atoms with Crippen molar-refractivity contribution in [2.75, 3.05) is 13.2 Å². The highest BCUT2D eigenvalue weighted by atomic mass is 16.6. The van der Waals surface area contributed by atoms with Gasteiger partial charge in [0.15, 0.2) is 6.10 Å². The lowest BCUT2D eigenvalue weighted by Crippen LogP contribution is -2.30. The van der Waals surface area contributed by atoms with E-state index in [-0.39, 0.29) is 31.1 Å². The first-order valence-corrected chi connectivity index (χ1v) is 29.2. The molecule has 0 bridgehead atoms. The number of rotatable bonds is 53. The van der Waals surface area contributed by atoms with Crippen molar-refractivity contribution in [3.05, 3.63) is 0 Å². The number of carbonyl (C=O) groups is 3. The molecule has 0 unspecified atom stereocenters. The van der Waals surface area contributed by atoms with Gasteiger partial charge in [-0.05, 0) is 31.1 Å². The molecule has 0 spiro atoms. The molecule has 0 N–H and O–H groups in total. The van der Waals surface area contributed by atoms with Crippen molar-refractivity contribution in [1.82, 2.24) is 0 Å². The van der Waals surface area contributed by atoms with E-state index in [1.807, 2.05) is 0 Å². The van der Waals surface area contributed by atoms with Crippen LogP contribution in [0.25, 0.3) is 0 Å². The molecule has 0 rings (SSSR count). The lowest BCUT2D eigenvalue weighted by atomic mass is 10.0. The normalized spacial score (nSPS) is 12.0. The molecule has 0 saturated carbocycles. The standard InChI is InChI=1S/C59H114O6/c1-6-7-8-9-10-11-12-13-21-24-29-34-39-44-49-57(60)63-52-56(65-59(62)51-46-41-36-31-26-28-33-38-43-48-55(4)5)53-64-58(61)50-45-40-35-30-25-22-19-17-15-14-16-18-20-23-27-32-37-42-47-54(2)3/h54-56H,6-53H2,1-5H3/t56-/m0/s1. The van der Waals surface area contributed by atoms with E-state index in [0.717, 1.165) is 69.6 Å². The van der Waals surface area contributed by atoms with E-state index in [2.05, 4.69) is 34.6 Å². The highest BCUT2D eigenvalue weighted by Crippen LogP contribution is 2.18. The Hall–Kier alpha value is -1.59. The van der Waals surface area contributed by atoms with Crippen molar-refractivity contribution in [3.8, 4) is 0 Å². The molecular weight excluding hydrogens is 805 g/mol. The molecule has 6 heteroatoms. The van der Waals surface area contributed by atoms with Crippen LogP contribution in [-0.2, 0) is 28.6 Å². The Labute approximate surface area is 406 Å². The number of carbonyl (C=O) groups excluding carboxylic acids is 3. The predicted octanol–water partition coefficient (Wildman–Crippen LogP) is 19.3. The first-order chi connectivity index (χ1) is 31.7. The zero-order valence-electron chi connectivity index (χ0n) is 44.6. The van der Waals surface area contributed by atoms with Crippen molar-refractivity contribution in [1.29, 1.82) is 0 Å². The maximum atomic E-state index is 12.8. The molecule has 0 fully saturated rings. The van der Waals surface area contributed by atoms with E-state index in [9.17, 15) is 14.4 Å². The second-order valence-corrected chi connectivity index (χ2v) is 21.2. The molecule has 0 aliphatic carbocycles. The van der Waals surface area contributed by atoms with Crippen LogP contribution in [0.15, 0.2) is 0 Å². The van der Waals surface area contributed by atoms with Gasteiger partial charge in [-0.3, -0.25) is 14.4 Å². The summed E-state index contributed by atoms with van der Waals surface area (Å²) in [7, 11) is 0. The summed E-state index contributed by atoms with van der Waals surface area (Å²) >= 11 is 0. The van der Waals surface area contributed by atoms with Gasteiger partial charge in [0.2, 0.25) is 0 Å². The fourth-order valence-corrected chi connectivity index (χ4v) is 9.05. The van der Waals surface area contributed by atoms with Crippen LogP contribution in [0.2, 0.25) is 0 Å². The van der Waals surface area contributed by atoms with Crippen LogP contribution in [0.3, 0.4) is 0 Å². The van der Waals surface area contributed by atoms with Crippen molar-refractivity contribution < 1.29 is 28.6 Å². The summed E-state index contributed by atoms with van der Waals surface area (Å²) in [6.07, 6.45) is 55.3. The third-order valence-electron chi connectivity index (χ3n) is 13.5. The van der Waals surface area contributed by atoms with Crippen LogP contribution in [0.4, 0.5) is 0 Å². The van der Waals surface area contributed by atoms with Crippen LogP contribution in [0.5, 0.6) is 0 Å². The van der Waals surface area contributed by atoms with Gasteiger partial charge in [0.05, 0.1) is 0 Å². The molecule has 0 aromatic rings. The molecule has 0 aliphatic rings. The summed E-state index contributed by atoms with van der Waals surface area (Å²) in [4.78, 5) is 38.1. The zero-order valence-corrected chi connectivity index (χ0v) is 44.6. The Kier molecular flexibility index (Phi) is 50.5. The molecular formula is C59H114O6. The zero-order chi connectivity index (χ0) is 47.5. The maximum absolute atomic E-state index is 12.8. The monoisotopic (exact) mass is 919 g/mol. The molecule has 1 atom stereocenters. The summed E-state index contributed by atoms with van der Waals surface area (Å²) in [6, 6.07) is 0. The Morgan fingerprint density at radius 3 is 0.754 bits per heavy atom. The smallest absolute Gasteiger partial charge is 0.306 e. The second kappa shape index (κ2) is 51.8. The van der Waals surface area contributed by atoms with Gasteiger partial charge < -0.3 is 14.2 Å². The van der Waals surface area contributed by atoms with Gasteiger partial charge in [-0.15, -0.1) is 0 Å². The minimum Gasteiger partial charge on any atom is -0.462 e. The summed E-state index contributed by atoms with van der Waals surface area (Å²) in [5, 5.41) is 0. The summed E-state index contributed by atoms with van der Waals surface area (Å²) < 4.78 is 16.9. The van der Waals surface area contributed by atoms with Crippen molar-refractivity contribution in [2.45, 2.75) is 336 Å². The SMILES string of the molecule is CCCCCCCCCCCCCCCCC(=O)OC[C@@H](COC(=O)CCCCCCCCCCCCCCCCCCCCC(C)C)OC(=O)CCCCCCCCCCCC(C)C. The third kappa shape index (κ3) is 53.2. The molecule has 6 nitrogen and oxygen atoms in total. The van der Waals surface area contributed by atoms with Gasteiger partial charge >= 0.3 is 17.9 Å². The number of hydrogen-bond acceptors (Lipinski definition) is 6. The molecule has 0 aliphatic heterocycles. The van der Waals surface area contributed by atoms with Crippen LogP contribution in [0.1, 0.15) is 330 Å². The van der Waals surface area contributed by atoms with E-state index < -0.39 is 6.10 Å². The summed E-state index contributed by atoms with van der Waals surface area (Å²) in [5.41, 5.74) is 0. The lowest BCUT2D eigenvalue weighted by Gasteiger charge is -2.18. The largest absolute Gasteiger partial charge is 0.462 e. The van der Waals surface area contributed by atoms with Crippen LogP contribution >= 0.6 is 0 Å².